The molecule has 0 atom stereocenters. The first-order chi connectivity index (χ1) is 67.9. The number of fused-ring (bicyclic) bond motifs is 24. The molecule has 4 aliphatic heterocycles. The minimum Gasteiger partial charge on any atom is -0.454 e. The van der Waals surface area contributed by atoms with Gasteiger partial charge >= 0.3 is 0 Å². The Labute approximate surface area is 836 Å². The third-order valence-corrected chi connectivity index (χ3v) is 33.4. The lowest BCUT2D eigenvalue weighted by Gasteiger charge is -2.41. The monoisotopic (exact) mass is 1860 g/mol. The lowest BCUT2D eigenvalue weighted by atomic mass is 9.33. The number of para-hydroxylation sites is 3. The third-order valence-electron chi connectivity index (χ3n) is 32.3. The van der Waals surface area contributed by atoms with Crippen LogP contribution in [0.5, 0.6) is 0 Å². The summed E-state index contributed by atoms with van der Waals surface area (Å²) in [5, 5.41) is 9.23. The highest BCUT2D eigenvalue weighted by atomic mass is 32.1. The summed E-state index contributed by atoms with van der Waals surface area (Å²) in [6.07, 6.45) is 1.87. The maximum atomic E-state index is 7.68. The molecule has 6 aromatic heterocycles. The highest BCUT2D eigenvalue weighted by Gasteiger charge is 2.48. The molecule has 0 radical (unpaired) electrons. The fourth-order valence-electron chi connectivity index (χ4n) is 24.4. The molecule has 12 heteroatoms. The summed E-state index contributed by atoms with van der Waals surface area (Å²) in [7, 11) is 0. The first-order valence-corrected chi connectivity index (χ1v) is 51.8. The normalized spacial score (nSPS) is 13.8. The molecule has 9 nitrogen and oxygen atoms in total. The number of benzene rings is 16. The summed E-state index contributed by atoms with van der Waals surface area (Å²) in [5.41, 5.74) is 43.7. The van der Waals surface area contributed by atoms with Crippen LogP contribution in [0, 0.1) is 13.8 Å². The number of aromatic nitrogens is 2. The van der Waals surface area contributed by atoms with Crippen LogP contribution in [-0.4, -0.2) is 22.6 Å². The molecule has 0 bridgehead atoms. The minimum atomic E-state index is -0.251. The molecule has 0 unspecified atom stereocenters. The van der Waals surface area contributed by atoms with E-state index in [1.165, 1.54) is 131 Å². The van der Waals surface area contributed by atoms with Crippen LogP contribution < -0.4 is 52.4 Å². The standard InChI is InChI=1S/C130H118B2N6O3S/c1-75-64-105-115-107(66-75)137-117-95(122-119(137)92-30-22-25-36-109(92)139-122)68-82(127(12,13)14)70-99(117)131(115)97-60-57-88(73-103(97)135(105)101-34-29-39-113-114(101)94-32-24-27-38-112(94)142-113)134(86-53-44-79(45-54-86)126(9,10)11)87-55-46-80(47-56-87)129(18,19)62-63-130(20,21)81-48-59-90-91-33-28-35-102(121(91)141-111(90)72-81)136-104-74-89(133(84-49-40-77(41-50-84)124(3,4)5)85-51-42-78(43-52-85)125(6,7)8)58-61-98(104)132-100-71-83(128(15,16)17)69-96-118(100)138(108-67-76(2)65-106(136)116(108)132)120-93-31-23-26-37-110(93)140-123(96)120/h22-61,64-74H,62-63H2,1-21H3. The van der Waals surface area contributed by atoms with Crippen LogP contribution in [0.25, 0.3) is 119 Å². The third kappa shape index (κ3) is 13.3. The highest BCUT2D eigenvalue weighted by molar-refractivity contribution is 7.26. The second-order valence-electron chi connectivity index (χ2n) is 47.7. The van der Waals surface area contributed by atoms with Gasteiger partial charge in [-0.1, -0.05) is 277 Å². The van der Waals surface area contributed by atoms with Gasteiger partial charge in [-0.05, 0) is 311 Å². The van der Waals surface area contributed by atoms with E-state index in [9.17, 15) is 0 Å². The molecule has 0 amide bonds. The molecule has 10 heterocycles. The average molecular weight is 1870 g/mol. The molecular weight excluding hydrogens is 1750 g/mol. The molecule has 22 aromatic rings. The molecule has 142 heavy (non-hydrogen) atoms. The summed E-state index contributed by atoms with van der Waals surface area (Å²) in [5.74, 6) is 0. The smallest absolute Gasteiger partial charge is 0.252 e. The van der Waals surface area contributed by atoms with Crippen molar-refractivity contribution in [1.82, 2.24) is 9.13 Å². The van der Waals surface area contributed by atoms with E-state index in [4.69, 9.17) is 13.3 Å². The van der Waals surface area contributed by atoms with Crippen molar-refractivity contribution in [3.8, 4) is 11.4 Å². The van der Waals surface area contributed by atoms with Gasteiger partial charge in [0.15, 0.2) is 16.7 Å². The van der Waals surface area contributed by atoms with Gasteiger partial charge in [0.1, 0.15) is 27.8 Å². The Hall–Kier alpha value is -14.5. The fraction of sp³-hybridized carbons (Fsp3) is 0.231. The zero-order valence-corrected chi connectivity index (χ0v) is 86.1. The first-order valence-electron chi connectivity index (χ1n) is 50.9. The lowest BCUT2D eigenvalue weighted by Crippen LogP contribution is -2.60. The summed E-state index contributed by atoms with van der Waals surface area (Å²) < 4.78 is 29.6. The van der Waals surface area contributed by atoms with Crippen LogP contribution in [-0.2, 0) is 37.9 Å². The van der Waals surface area contributed by atoms with E-state index in [0.29, 0.717) is 0 Å². The largest absolute Gasteiger partial charge is 0.454 e. The van der Waals surface area contributed by atoms with Gasteiger partial charge in [0.2, 0.25) is 0 Å². The Bertz CT molecular complexity index is 9050. The molecule has 0 fully saturated rings. The molecule has 0 aliphatic carbocycles. The number of hydrogen-bond acceptors (Lipinski definition) is 8. The Kier molecular flexibility index (Phi) is 18.9. The van der Waals surface area contributed by atoms with Crippen LogP contribution in [0.15, 0.2) is 323 Å². The Morgan fingerprint density at radius 1 is 0.254 bits per heavy atom. The number of aryl methyl sites for hydroxylation is 2. The van der Waals surface area contributed by atoms with Crippen LogP contribution in [0.2, 0.25) is 0 Å². The Morgan fingerprint density at radius 3 is 1.09 bits per heavy atom. The quantitative estimate of drug-likeness (QED) is 0.107. The first kappa shape index (κ1) is 87.8. The van der Waals surface area contributed by atoms with Gasteiger partial charge in [0.05, 0.1) is 22.4 Å². The maximum absolute atomic E-state index is 7.68. The second-order valence-corrected chi connectivity index (χ2v) is 48.8. The van der Waals surface area contributed by atoms with Gasteiger partial charge in [0, 0.05) is 121 Å². The minimum absolute atomic E-state index is 0.0272. The van der Waals surface area contributed by atoms with E-state index in [1.54, 1.807) is 0 Å². The molecular formula is C130H118B2N6O3S. The Balaban J connectivity index is 0.580. The van der Waals surface area contributed by atoms with Gasteiger partial charge in [-0.2, -0.15) is 0 Å². The Morgan fingerprint density at radius 2 is 0.627 bits per heavy atom. The number of anilines is 12. The van der Waals surface area contributed by atoms with Crippen molar-refractivity contribution in [3.05, 3.63) is 359 Å². The van der Waals surface area contributed by atoms with Crippen LogP contribution in [0.1, 0.15) is 194 Å². The van der Waals surface area contributed by atoms with E-state index in [1.807, 2.05) is 11.3 Å². The lowest BCUT2D eigenvalue weighted by molar-refractivity contribution is 0.375. The summed E-state index contributed by atoms with van der Waals surface area (Å²) >= 11 is 1.88. The molecule has 698 valence electrons. The molecule has 4 aliphatic rings. The predicted octanol–water partition coefficient (Wildman–Crippen LogP) is 32.9. The van der Waals surface area contributed by atoms with E-state index in [0.717, 1.165) is 152 Å². The van der Waals surface area contributed by atoms with E-state index in [-0.39, 0.29) is 51.3 Å². The summed E-state index contributed by atoms with van der Waals surface area (Å²) in [4.78, 5) is 10.2. The van der Waals surface area contributed by atoms with Gasteiger partial charge in [-0.3, -0.25) is 0 Å². The van der Waals surface area contributed by atoms with Crippen molar-refractivity contribution in [3.63, 3.8) is 0 Å². The van der Waals surface area contributed by atoms with Gasteiger partial charge in [-0.15, -0.1) is 11.3 Å². The maximum Gasteiger partial charge on any atom is 0.252 e. The van der Waals surface area contributed by atoms with Gasteiger partial charge in [-0.25, -0.2) is 0 Å². The van der Waals surface area contributed by atoms with E-state index >= 15 is 0 Å². The van der Waals surface area contributed by atoms with Crippen molar-refractivity contribution in [2.24, 2.45) is 0 Å². The van der Waals surface area contributed by atoms with Crippen molar-refractivity contribution in [1.29, 1.82) is 0 Å². The number of nitrogens with zero attached hydrogens (tertiary/aromatic N) is 6. The average Bonchev–Trinajstić information content (AvgIpc) is 1.56. The molecule has 16 aromatic carbocycles. The molecule has 26 rings (SSSR count). The number of thiophene rings is 1. The van der Waals surface area contributed by atoms with Crippen molar-refractivity contribution in [2.75, 3.05) is 19.6 Å². The van der Waals surface area contributed by atoms with Gasteiger partial charge in [0.25, 0.3) is 13.4 Å². The van der Waals surface area contributed by atoms with E-state index < -0.39 is 0 Å². The summed E-state index contributed by atoms with van der Waals surface area (Å²) in [6, 6.07) is 119. The molecule has 0 N–H and O–H groups in total. The zero-order chi connectivity index (χ0) is 97.7. The topological polar surface area (TPSA) is 62.2 Å². The molecule has 0 saturated heterocycles. The number of furan rings is 3. The van der Waals surface area contributed by atoms with Crippen LogP contribution in [0.3, 0.4) is 0 Å². The van der Waals surface area contributed by atoms with E-state index in [2.05, 4.69) is 484 Å². The second kappa shape index (κ2) is 30.5. The predicted molar refractivity (Wildman–Crippen MR) is 608 cm³/mol. The number of rotatable bonds is 13. The van der Waals surface area contributed by atoms with Gasteiger partial charge < -0.3 is 42.0 Å². The number of hydrogen-bond donors (Lipinski definition) is 0. The molecule has 0 saturated carbocycles. The SMILES string of the molecule is Cc1cc2c3c(c1)-n1c4c(cc(C(C)(C)C)cc4c4oc5ccccc5c41)B3c1ccc(N(c3ccc(C(C)(C)C)cc3)c3ccc(C(C)(C)C)cc3)cc1N2c1cccc2c1oc1cc(C(C)(C)CCC(C)(C)c3ccc(N(c4ccc(C(C)(C)C)cc4)c4ccc5c(c4)N(c4cccc6sc7ccccc7c46)c4cc(C)cc6c4B5c4cc(C(C)(C)C)cc5c7oc8ccccc8c7n-6c45)cc3)ccc12. The van der Waals surface area contributed by atoms with Crippen molar-refractivity contribution in [2.45, 2.75) is 196 Å². The van der Waals surface area contributed by atoms with Crippen molar-refractivity contribution >= 4 is 234 Å². The fourth-order valence-corrected chi connectivity index (χ4v) is 25.5. The van der Waals surface area contributed by atoms with Crippen molar-refractivity contribution < 1.29 is 13.3 Å². The highest BCUT2D eigenvalue weighted by Crippen LogP contribution is 2.55. The molecule has 0 spiro atoms. The summed E-state index contributed by atoms with van der Waals surface area (Å²) in [6.45, 7) is 48.9. The van der Waals surface area contributed by atoms with Crippen LogP contribution in [0.4, 0.5) is 68.2 Å². The van der Waals surface area contributed by atoms with Crippen LogP contribution >= 0.6 is 11.3 Å². The zero-order valence-electron chi connectivity index (χ0n) is 85.3.